The van der Waals surface area contributed by atoms with E-state index in [0.29, 0.717) is 11.6 Å². The van der Waals surface area contributed by atoms with Gasteiger partial charge in [-0.1, -0.05) is 26.8 Å². The Morgan fingerprint density at radius 2 is 2.03 bits per heavy atom. The zero-order chi connectivity index (χ0) is 21.7. The van der Waals surface area contributed by atoms with E-state index in [1.165, 1.54) is 0 Å². The molecule has 9 heteroatoms. The molecule has 1 atom stereocenters. The summed E-state index contributed by atoms with van der Waals surface area (Å²) in [6.07, 6.45) is 3.45. The minimum atomic E-state index is -0.910. The SMILES string of the molecule is CC(C)(C)c1cc(NC(=O)CN2C(=O)NC(C)(C3CC3)C2=O)n(-c2ccccn2)n1. The van der Waals surface area contributed by atoms with Gasteiger partial charge in [-0.2, -0.15) is 9.78 Å². The topological polar surface area (TPSA) is 109 Å². The van der Waals surface area contributed by atoms with Crippen LogP contribution in [0.4, 0.5) is 10.6 Å². The van der Waals surface area contributed by atoms with Gasteiger partial charge < -0.3 is 10.6 Å². The molecule has 30 heavy (non-hydrogen) atoms. The number of nitrogens with zero attached hydrogens (tertiary/aromatic N) is 4. The highest BCUT2D eigenvalue weighted by Gasteiger charge is 2.56. The van der Waals surface area contributed by atoms with Crippen LogP contribution < -0.4 is 10.6 Å². The summed E-state index contributed by atoms with van der Waals surface area (Å²) >= 11 is 0. The molecule has 158 valence electrons. The third-order valence-corrected chi connectivity index (χ3v) is 5.61. The van der Waals surface area contributed by atoms with Crippen LogP contribution in [0.25, 0.3) is 5.82 Å². The van der Waals surface area contributed by atoms with Crippen LogP contribution in [-0.2, 0) is 15.0 Å². The van der Waals surface area contributed by atoms with Crippen molar-refractivity contribution < 1.29 is 14.4 Å². The van der Waals surface area contributed by atoms with Gasteiger partial charge in [-0.15, -0.1) is 0 Å². The fraction of sp³-hybridized carbons (Fsp3) is 0.476. The Balaban J connectivity index is 1.55. The lowest BCUT2D eigenvalue weighted by Gasteiger charge is -2.20. The highest BCUT2D eigenvalue weighted by molar-refractivity contribution is 6.10. The molecule has 0 bridgehead atoms. The van der Waals surface area contributed by atoms with E-state index < -0.39 is 17.5 Å². The van der Waals surface area contributed by atoms with E-state index in [1.807, 2.05) is 26.8 Å². The summed E-state index contributed by atoms with van der Waals surface area (Å²) in [4.78, 5) is 43.1. The van der Waals surface area contributed by atoms with Crippen molar-refractivity contribution in [1.82, 2.24) is 25.0 Å². The smallest absolute Gasteiger partial charge is 0.323 e. The number of urea groups is 1. The summed E-state index contributed by atoms with van der Waals surface area (Å²) in [5.41, 5.74) is -0.372. The van der Waals surface area contributed by atoms with Gasteiger partial charge in [0.15, 0.2) is 5.82 Å². The molecule has 1 aliphatic heterocycles. The molecule has 0 radical (unpaired) electrons. The Bertz CT molecular complexity index is 1010. The lowest BCUT2D eigenvalue weighted by Crippen LogP contribution is -2.46. The average molecular weight is 410 g/mol. The number of imide groups is 1. The second-order valence-electron chi connectivity index (χ2n) is 9.11. The van der Waals surface area contributed by atoms with Crippen LogP contribution in [0.1, 0.15) is 46.2 Å². The average Bonchev–Trinajstić information content (AvgIpc) is 3.42. The fourth-order valence-corrected chi connectivity index (χ4v) is 3.61. The second-order valence-corrected chi connectivity index (χ2v) is 9.11. The highest BCUT2D eigenvalue weighted by atomic mass is 16.2. The van der Waals surface area contributed by atoms with Gasteiger partial charge >= 0.3 is 6.03 Å². The van der Waals surface area contributed by atoms with E-state index in [2.05, 4.69) is 20.7 Å². The monoisotopic (exact) mass is 410 g/mol. The van der Waals surface area contributed by atoms with Crippen molar-refractivity contribution in [2.75, 3.05) is 11.9 Å². The molecule has 4 rings (SSSR count). The molecule has 9 nitrogen and oxygen atoms in total. The van der Waals surface area contributed by atoms with Crippen LogP contribution in [0.5, 0.6) is 0 Å². The van der Waals surface area contributed by atoms with E-state index in [1.54, 1.807) is 36.0 Å². The largest absolute Gasteiger partial charge is 0.325 e. The second kappa shape index (κ2) is 6.93. The minimum Gasteiger partial charge on any atom is -0.323 e. The maximum Gasteiger partial charge on any atom is 0.325 e. The lowest BCUT2D eigenvalue weighted by atomic mass is 9.92. The van der Waals surface area contributed by atoms with Crippen molar-refractivity contribution in [3.63, 3.8) is 0 Å². The molecule has 0 spiro atoms. The number of anilines is 1. The number of pyridine rings is 1. The van der Waals surface area contributed by atoms with Crippen LogP contribution >= 0.6 is 0 Å². The molecule has 1 saturated carbocycles. The first kappa shape index (κ1) is 20.1. The number of aromatic nitrogens is 3. The van der Waals surface area contributed by atoms with Crippen LogP contribution in [-0.4, -0.2) is 49.6 Å². The minimum absolute atomic E-state index is 0.141. The number of hydrogen-bond donors (Lipinski definition) is 2. The lowest BCUT2D eigenvalue weighted by molar-refractivity contribution is -0.134. The Morgan fingerprint density at radius 1 is 1.30 bits per heavy atom. The molecular formula is C21H26N6O3. The molecule has 0 aromatic carbocycles. The first-order valence-electron chi connectivity index (χ1n) is 10.1. The fourth-order valence-electron chi connectivity index (χ4n) is 3.61. The summed E-state index contributed by atoms with van der Waals surface area (Å²) in [6.45, 7) is 7.45. The number of nitrogens with one attached hydrogen (secondary N) is 2. The molecule has 2 N–H and O–H groups in total. The first-order valence-corrected chi connectivity index (χ1v) is 10.1. The van der Waals surface area contributed by atoms with Crippen molar-refractivity contribution in [3.05, 3.63) is 36.2 Å². The summed E-state index contributed by atoms with van der Waals surface area (Å²) in [5.74, 6) is 0.303. The summed E-state index contributed by atoms with van der Waals surface area (Å²) in [7, 11) is 0. The maximum atomic E-state index is 12.8. The molecule has 2 aliphatic rings. The van der Waals surface area contributed by atoms with Gasteiger partial charge in [-0.05, 0) is 37.8 Å². The molecule has 3 heterocycles. The van der Waals surface area contributed by atoms with Crippen molar-refractivity contribution in [1.29, 1.82) is 0 Å². The first-order chi connectivity index (χ1) is 14.1. The third kappa shape index (κ3) is 3.55. The Kier molecular flexibility index (Phi) is 4.63. The van der Waals surface area contributed by atoms with Gasteiger partial charge in [-0.3, -0.25) is 14.5 Å². The molecule has 2 aromatic rings. The van der Waals surface area contributed by atoms with Gasteiger partial charge in [0.25, 0.3) is 5.91 Å². The van der Waals surface area contributed by atoms with Crippen molar-refractivity contribution >= 4 is 23.7 Å². The predicted octanol–water partition coefficient (Wildman–Crippen LogP) is 2.22. The number of carbonyl (C=O) groups is 3. The standard InChI is InChI=1S/C21H26N6O3/c1-20(2,3)14-11-16(27(25-14)15-7-5-6-10-22-15)23-17(28)12-26-18(29)21(4,13-8-9-13)24-19(26)30/h5-7,10-11,13H,8-9,12H2,1-4H3,(H,23,28)(H,24,30). The van der Waals surface area contributed by atoms with Gasteiger partial charge in [0, 0.05) is 17.7 Å². The van der Waals surface area contributed by atoms with E-state index >= 15 is 0 Å². The summed E-state index contributed by atoms with van der Waals surface area (Å²) < 4.78 is 1.55. The van der Waals surface area contributed by atoms with Gasteiger partial charge in [0.2, 0.25) is 5.91 Å². The number of carbonyl (C=O) groups excluding carboxylic acids is 3. The molecular weight excluding hydrogens is 384 g/mol. The number of amides is 4. The zero-order valence-electron chi connectivity index (χ0n) is 17.6. The Hall–Kier alpha value is -3.23. The molecule has 1 unspecified atom stereocenters. The molecule has 4 amide bonds. The van der Waals surface area contributed by atoms with E-state index in [0.717, 1.165) is 23.4 Å². The number of hydrogen-bond acceptors (Lipinski definition) is 5. The summed E-state index contributed by atoms with van der Waals surface area (Å²) in [6, 6.07) is 6.67. The Morgan fingerprint density at radius 3 is 2.63 bits per heavy atom. The molecule has 1 aliphatic carbocycles. The van der Waals surface area contributed by atoms with Crippen molar-refractivity contribution in [2.45, 2.75) is 51.5 Å². The van der Waals surface area contributed by atoms with Crippen molar-refractivity contribution in [3.8, 4) is 5.82 Å². The molecule has 2 fully saturated rings. The van der Waals surface area contributed by atoms with E-state index in [9.17, 15) is 14.4 Å². The van der Waals surface area contributed by atoms with Crippen LogP contribution in [0.15, 0.2) is 30.5 Å². The van der Waals surface area contributed by atoms with Crippen LogP contribution in [0, 0.1) is 5.92 Å². The highest BCUT2D eigenvalue weighted by Crippen LogP contribution is 2.42. The molecule has 1 saturated heterocycles. The van der Waals surface area contributed by atoms with E-state index in [-0.39, 0.29) is 23.8 Å². The third-order valence-electron chi connectivity index (χ3n) is 5.61. The number of rotatable bonds is 5. The maximum absolute atomic E-state index is 12.8. The zero-order valence-corrected chi connectivity index (χ0v) is 17.6. The predicted molar refractivity (Wildman–Crippen MR) is 110 cm³/mol. The van der Waals surface area contributed by atoms with Gasteiger partial charge in [-0.25, -0.2) is 9.78 Å². The van der Waals surface area contributed by atoms with Gasteiger partial charge in [0.05, 0.1) is 5.69 Å². The van der Waals surface area contributed by atoms with Gasteiger partial charge in [0.1, 0.15) is 17.9 Å². The summed E-state index contributed by atoms with van der Waals surface area (Å²) in [5, 5.41) is 10.1. The van der Waals surface area contributed by atoms with Crippen LogP contribution in [0.2, 0.25) is 0 Å². The molecule has 2 aromatic heterocycles. The quantitative estimate of drug-likeness (QED) is 0.735. The van der Waals surface area contributed by atoms with Crippen LogP contribution in [0.3, 0.4) is 0 Å². The normalized spacial score (nSPS) is 21.7. The van der Waals surface area contributed by atoms with E-state index in [4.69, 9.17) is 0 Å². The van der Waals surface area contributed by atoms with Crippen molar-refractivity contribution in [2.24, 2.45) is 5.92 Å². The Labute approximate surface area is 174 Å².